The van der Waals surface area contributed by atoms with Crippen LogP contribution in [0.2, 0.25) is 0 Å². The maximum absolute atomic E-state index is 11.1. The van der Waals surface area contributed by atoms with Gasteiger partial charge in [-0.2, -0.15) is 0 Å². The number of carboxylic acid groups (broad SMARTS) is 1. The zero-order chi connectivity index (χ0) is 15.9. The van der Waals surface area contributed by atoms with Gasteiger partial charge < -0.3 is 29.2 Å². The second kappa shape index (κ2) is 14.2. The summed E-state index contributed by atoms with van der Waals surface area (Å²) in [5.41, 5.74) is 0. The molecule has 1 atom stereocenters. The number of nitrogens with zero attached hydrogens (tertiary/aromatic N) is 1. The molecule has 0 saturated heterocycles. The third-order valence-electron chi connectivity index (χ3n) is 2.81. The van der Waals surface area contributed by atoms with Gasteiger partial charge in [0.1, 0.15) is 13.6 Å². The number of aliphatic hydroxyl groups is 1. The highest BCUT2D eigenvalue weighted by atomic mass is 16.7. The van der Waals surface area contributed by atoms with Crippen molar-refractivity contribution in [3.63, 3.8) is 0 Å². The molecule has 0 aliphatic rings. The number of aliphatic hydroxyl groups excluding tert-OH is 1. The molecule has 0 spiro atoms. The minimum atomic E-state index is -0.912. The van der Waals surface area contributed by atoms with Crippen LogP contribution in [0, 0.1) is 5.92 Å². The number of methoxy groups -OCH3 is 2. The minimum Gasteiger partial charge on any atom is -0.481 e. The quantitative estimate of drug-likeness (QED) is 0.312. The van der Waals surface area contributed by atoms with Crippen LogP contribution in [0.25, 0.3) is 0 Å². The van der Waals surface area contributed by atoms with E-state index in [0.29, 0.717) is 32.8 Å². The maximum atomic E-state index is 11.1. The normalized spacial score (nSPS) is 12.8. The summed E-state index contributed by atoms with van der Waals surface area (Å²) < 4.78 is 20.0. The van der Waals surface area contributed by atoms with Crippen molar-refractivity contribution in [1.29, 1.82) is 0 Å². The van der Waals surface area contributed by atoms with Crippen molar-refractivity contribution in [1.82, 2.24) is 4.90 Å². The van der Waals surface area contributed by atoms with Gasteiger partial charge in [0.15, 0.2) is 0 Å². The largest absolute Gasteiger partial charge is 0.481 e. The number of rotatable bonds is 15. The lowest BCUT2D eigenvalue weighted by atomic mass is 10.1. The first kappa shape index (κ1) is 20.2. The summed E-state index contributed by atoms with van der Waals surface area (Å²) in [5, 5.41) is 18.1. The molecular weight excluding hydrogens is 282 g/mol. The predicted octanol–water partition coefficient (Wildman–Crippen LogP) is -0.387. The number of carboxylic acids is 1. The van der Waals surface area contributed by atoms with E-state index >= 15 is 0 Å². The van der Waals surface area contributed by atoms with Crippen LogP contribution in [-0.2, 0) is 23.7 Å². The van der Waals surface area contributed by atoms with E-state index in [9.17, 15) is 4.79 Å². The highest BCUT2D eigenvalue weighted by Gasteiger charge is 2.20. The Balaban J connectivity index is 4.22. The Morgan fingerprint density at radius 3 is 2.00 bits per heavy atom. The Hall–Kier alpha value is -0.770. The second-order valence-electron chi connectivity index (χ2n) is 4.48. The van der Waals surface area contributed by atoms with Crippen molar-refractivity contribution < 1.29 is 34.0 Å². The van der Waals surface area contributed by atoms with Crippen LogP contribution in [0.15, 0.2) is 0 Å². The van der Waals surface area contributed by atoms with E-state index in [4.69, 9.17) is 29.2 Å². The second-order valence-corrected chi connectivity index (χ2v) is 4.48. The Bertz CT molecular complexity index is 241. The van der Waals surface area contributed by atoms with Crippen LogP contribution in [0.3, 0.4) is 0 Å². The van der Waals surface area contributed by atoms with E-state index in [1.165, 1.54) is 14.2 Å². The summed E-state index contributed by atoms with van der Waals surface area (Å²) >= 11 is 0. The van der Waals surface area contributed by atoms with Gasteiger partial charge in [-0.25, -0.2) is 0 Å². The summed E-state index contributed by atoms with van der Waals surface area (Å²) in [6.07, 6.45) is 0.226. The maximum Gasteiger partial charge on any atom is 0.307 e. The SMILES string of the molecule is COCOCCN(CCOCOC)CC(CCO)C(=O)O. The first-order valence-electron chi connectivity index (χ1n) is 6.85. The zero-order valence-electron chi connectivity index (χ0n) is 12.8. The molecule has 0 bridgehead atoms. The number of aliphatic carboxylic acids is 1. The Kier molecular flexibility index (Phi) is 13.7. The van der Waals surface area contributed by atoms with Crippen LogP contribution in [-0.4, -0.2) is 88.3 Å². The lowest BCUT2D eigenvalue weighted by molar-refractivity contribution is -0.143. The van der Waals surface area contributed by atoms with Gasteiger partial charge in [-0.1, -0.05) is 0 Å². The fraction of sp³-hybridized carbons (Fsp3) is 0.923. The van der Waals surface area contributed by atoms with Crippen molar-refractivity contribution in [3.8, 4) is 0 Å². The number of carbonyl (C=O) groups is 1. The molecular formula is C13H27NO7. The average Bonchev–Trinajstić information content (AvgIpc) is 2.46. The minimum absolute atomic E-state index is 0.148. The Morgan fingerprint density at radius 1 is 1.10 bits per heavy atom. The topological polar surface area (TPSA) is 97.7 Å². The third-order valence-corrected chi connectivity index (χ3v) is 2.81. The van der Waals surface area contributed by atoms with Gasteiger partial charge in [0.2, 0.25) is 0 Å². The van der Waals surface area contributed by atoms with Crippen molar-refractivity contribution in [3.05, 3.63) is 0 Å². The van der Waals surface area contributed by atoms with Crippen LogP contribution >= 0.6 is 0 Å². The number of ether oxygens (including phenoxy) is 4. The first-order valence-corrected chi connectivity index (χ1v) is 6.85. The third kappa shape index (κ3) is 11.6. The fourth-order valence-electron chi connectivity index (χ4n) is 1.73. The molecule has 0 amide bonds. The molecule has 0 aliphatic carbocycles. The highest BCUT2D eigenvalue weighted by molar-refractivity contribution is 5.70. The van der Waals surface area contributed by atoms with Crippen LogP contribution in [0.5, 0.6) is 0 Å². The zero-order valence-corrected chi connectivity index (χ0v) is 12.8. The van der Waals surface area contributed by atoms with E-state index in [1.807, 2.05) is 4.90 Å². The molecule has 0 rings (SSSR count). The molecule has 1 unspecified atom stereocenters. The molecule has 0 heterocycles. The summed E-state index contributed by atoms with van der Waals surface area (Å²) in [6, 6.07) is 0. The van der Waals surface area contributed by atoms with Gasteiger partial charge in [-0.05, 0) is 6.42 Å². The molecule has 0 aromatic heterocycles. The van der Waals surface area contributed by atoms with E-state index in [0.717, 1.165) is 0 Å². The van der Waals surface area contributed by atoms with Gasteiger partial charge >= 0.3 is 5.97 Å². The van der Waals surface area contributed by atoms with Gasteiger partial charge in [0.25, 0.3) is 0 Å². The average molecular weight is 309 g/mol. The molecule has 0 radical (unpaired) electrons. The van der Waals surface area contributed by atoms with Gasteiger partial charge in [0.05, 0.1) is 19.1 Å². The van der Waals surface area contributed by atoms with E-state index in [2.05, 4.69) is 0 Å². The van der Waals surface area contributed by atoms with Gasteiger partial charge in [-0.3, -0.25) is 9.69 Å². The smallest absolute Gasteiger partial charge is 0.307 e. The van der Waals surface area contributed by atoms with Crippen molar-refractivity contribution in [2.75, 3.05) is 67.3 Å². The molecule has 0 saturated carbocycles. The predicted molar refractivity (Wildman–Crippen MR) is 74.9 cm³/mol. The lowest BCUT2D eigenvalue weighted by Crippen LogP contribution is -2.38. The molecule has 0 fully saturated rings. The van der Waals surface area contributed by atoms with Crippen LogP contribution < -0.4 is 0 Å². The number of hydrogen-bond donors (Lipinski definition) is 2. The molecule has 0 aliphatic heterocycles. The van der Waals surface area contributed by atoms with Crippen molar-refractivity contribution in [2.24, 2.45) is 5.92 Å². The van der Waals surface area contributed by atoms with E-state index in [1.54, 1.807) is 0 Å². The first-order chi connectivity index (χ1) is 10.2. The number of hydrogen-bond acceptors (Lipinski definition) is 7. The highest BCUT2D eigenvalue weighted by Crippen LogP contribution is 2.06. The summed E-state index contributed by atoms with van der Waals surface area (Å²) in [6.45, 7) is 2.59. The molecule has 2 N–H and O–H groups in total. The lowest BCUT2D eigenvalue weighted by Gasteiger charge is -2.25. The van der Waals surface area contributed by atoms with Gasteiger partial charge in [-0.15, -0.1) is 0 Å². The Labute approximate surface area is 125 Å². The molecule has 0 aromatic rings. The molecule has 126 valence electrons. The van der Waals surface area contributed by atoms with E-state index < -0.39 is 11.9 Å². The van der Waals surface area contributed by atoms with Crippen LogP contribution in [0.4, 0.5) is 0 Å². The van der Waals surface area contributed by atoms with Crippen molar-refractivity contribution in [2.45, 2.75) is 6.42 Å². The molecule has 21 heavy (non-hydrogen) atoms. The summed E-state index contributed by atoms with van der Waals surface area (Å²) in [7, 11) is 3.08. The molecule has 0 aromatic carbocycles. The standard InChI is InChI=1S/C13H27NO7/c1-18-10-20-7-4-14(5-8-21-11-19-2)9-12(3-6-15)13(16)17/h12,15H,3-11H2,1-2H3,(H,16,17). The summed E-state index contributed by atoms with van der Waals surface area (Å²) in [5.74, 6) is -1.52. The molecule has 8 nitrogen and oxygen atoms in total. The molecule has 8 heteroatoms. The van der Waals surface area contributed by atoms with Gasteiger partial charge in [0, 0.05) is 40.5 Å². The fourth-order valence-corrected chi connectivity index (χ4v) is 1.73. The Morgan fingerprint density at radius 2 is 1.62 bits per heavy atom. The van der Waals surface area contributed by atoms with Crippen LogP contribution in [0.1, 0.15) is 6.42 Å². The van der Waals surface area contributed by atoms with E-state index in [-0.39, 0.29) is 26.6 Å². The summed E-state index contributed by atoms with van der Waals surface area (Å²) in [4.78, 5) is 13.1. The van der Waals surface area contributed by atoms with Crippen molar-refractivity contribution >= 4 is 5.97 Å². The monoisotopic (exact) mass is 309 g/mol.